The first-order valence-corrected chi connectivity index (χ1v) is 7.28. The number of halogens is 2. The van der Waals surface area contributed by atoms with Gasteiger partial charge in [-0.05, 0) is 49.7 Å². The predicted octanol–water partition coefficient (Wildman–Crippen LogP) is 5.07. The maximum Gasteiger partial charge on any atom is 0.135 e. The second kappa shape index (κ2) is 5.58. The molecule has 4 heteroatoms. The molecule has 0 aliphatic carbocycles. The van der Waals surface area contributed by atoms with Crippen molar-refractivity contribution in [2.45, 2.75) is 25.3 Å². The molecule has 19 heavy (non-hydrogen) atoms. The predicted molar refractivity (Wildman–Crippen MR) is 78.8 cm³/mol. The average molecular weight is 296 g/mol. The molecule has 0 radical (unpaired) electrons. The summed E-state index contributed by atoms with van der Waals surface area (Å²) >= 11 is 12.1. The van der Waals surface area contributed by atoms with Gasteiger partial charge in [0.05, 0.1) is 11.1 Å². The van der Waals surface area contributed by atoms with E-state index in [4.69, 9.17) is 27.6 Å². The van der Waals surface area contributed by atoms with Gasteiger partial charge in [0, 0.05) is 10.6 Å². The van der Waals surface area contributed by atoms with Crippen LogP contribution in [0.4, 0.5) is 0 Å². The average Bonchev–Trinajstić information content (AvgIpc) is 2.89. The van der Waals surface area contributed by atoms with Crippen LogP contribution in [0.25, 0.3) is 11.3 Å². The first-order chi connectivity index (χ1) is 9.24. The van der Waals surface area contributed by atoms with E-state index >= 15 is 0 Å². The van der Waals surface area contributed by atoms with E-state index in [1.165, 1.54) is 12.8 Å². The van der Waals surface area contributed by atoms with Crippen molar-refractivity contribution in [3.8, 4) is 11.3 Å². The largest absolute Gasteiger partial charge is 0.459 e. The van der Waals surface area contributed by atoms with Crippen molar-refractivity contribution in [1.82, 2.24) is 5.32 Å². The van der Waals surface area contributed by atoms with Gasteiger partial charge in [-0.15, -0.1) is 0 Å². The Labute approximate surface area is 122 Å². The van der Waals surface area contributed by atoms with Crippen molar-refractivity contribution in [3.63, 3.8) is 0 Å². The van der Waals surface area contributed by atoms with Crippen LogP contribution in [0.2, 0.25) is 10.0 Å². The number of benzene rings is 1. The topological polar surface area (TPSA) is 25.2 Å². The molecule has 2 nitrogen and oxygen atoms in total. The normalized spacial score (nSPS) is 19.6. The SMILES string of the molecule is Clc1ccc(-c2ccc([C@@H]3CCCCN3)o2)c(Cl)c1. The van der Waals surface area contributed by atoms with Gasteiger partial charge in [-0.3, -0.25) is 0 Å². The van der Waals surface area contributed by atoms with Crippen LogP contribution in [-0.2, 0) is 0 Å². The summed E-state index contributed by atoms with van der Waals surface area (Å²) in [4.78, 5) is 0. The van der Waals surface area contributed by atoms with Gasteiger partial charge < -0.3 is 9.73 Å². The lowest BCUT2D eigenvalue weighted by Crippen LogP contribution is -2.26. The molecule has 1 aliphatic rings. The minimum absolute atomic E-state index is 0.327. The smallest absolute Gasteiger partial charge is 0.135 e. The fourth-order valence-electron chi connectivity index (χ4n) is 2.47. The van der Waals surface area contributed by atoms with E-state index in [0.29, 0.717) is 16.1 Å². The highest BCUT2D eigenvalue weighted by atomic mass is 35.5. The number of hydrogen-bond donors (Lipinski definition) is 1. The molecule has 1 fully saturated rings. The Morgan fingerprint density at radius 2 is 2.00 bits per heavy atom. The van der Waals surface area contributed by atoms with E-state index in [9.17, 15) is 0 Å². The summed E-state index contributed by atoms with van der Waals surface area (Å²) in [5.41, 5.74) is 0.883. The van der Waals surface area contributed by atoms with Crippen molar-refractivity contribution in [1.29, 1.82) is 0 Å². The lowest BCUT2D eigenvalue weighted by Gasteiger charge is -2.21. The zero-order chi connectivity index (χ0) is 13.2. The molecule has 1 atom stereocenters. The molecule has 0 unspecified atom stereocenters. The fourth-order valence-corrected chi connectivity index (χ4v) is 2.97. The minimum atomic E-state index is 0.327. The summed E-state index contributed by atoms with van der Waals surface area (Å²) in [5, 5.41) is 4.73. The summed E-state index contributed by atoms with van der Waals surface area (Å²) in [6, 6.07) is 9.78. The molecule has 1 aromatic carbocycles. The lowest BCUT2D eigenvalue weighted by atomic mass is 10.0. The van der Waals surface area contributed by atoms with Gasteiger partial charge >= 0.3 is 0 Å². The Morgan fingerprint density at radius 3 is 2.74 bits per heavy atom. The van der Waals surface area contributed by atoms with Gasteiger partial charge in [0.15, 0.2) is 0 Å². The van der Waals surface area contributed by atoms with Gasteiger partial charge in [-0.25, -0.2) is 0 Å². The third-order valence-corrected chi connectivity index (χ3v) is 4.02. The van der Waals surface area contributed by atoms with Crippen molar-refractivity contribution < 1.29 is 4.42 Å². The molecule has 3 rings (SSSR count). The highest BCUT2D eigenvalue weighted by Gasteiger charge is 2.19. The summed E-state index contributed by atoms with van der Waals surface area (Å²) in [6.07, 6.45) is 3.61. The van der Waals surface area contributed by atoms with E-state index < -0.39 is 0 Å². The third-order valence-electron chi connectivity index (χ3n) is 3.48. The number of furan rings is 1. The summed E-state index contributed by atoms with van der Waals surface area (Å²) < 4.78 is 5.94. The Hall–Kier alpha value is -0.960. The van der Waals surface area contributed by atoms with Crippen LogP contribution in [0.1, 0.15) is 31.1 Å². The maximum atomic E-state index is 6.20. The Balaban J connectivity index is 1.87. The van der Waals surface area contributed by atoms with Gasteiger partial charge in [-0.1, -0.05) is 29.6 Å². The van der Waals surface area contributed by atoms with Crippen LogP contribution < -0.4 is 5.32 Å². The highest BCUT2D eigenvalue weighted by molar-refractivity contribution is 6.36. The highest BCUT2D eigenvalue weighted by Crippen LogP contribution is 2.34. The molecule has 0 amide bonds. The minimum Gasteiger partial charge on any atom is -0.459 e. The molecule has 0 spiro atoms. The van der Waals surface area contributed by atoms with E-state index in [1.807, 2.05) is 24.3 Å². The lowest BCUT2D eigenvalue weighted by molar-refractivity contribution is 0.353. The first-order valence-electron chi connectivity index (χ1n) is 6.52. The van der Waals surface area contributed by atoms with Gasteiger partial charge in [-0.2, -0.15) is 0 Å². The van der Waals surface area contributed by atoms with E-state index in [0.717, 1.165) is 30.0 Å². The molecule has 1 aliphatic heterocycles. The van der Waals surface area contributed by atoms with Crippen LogP contribution in [0.3, 0.4) is 0 Å². The van der Waals surface area contributed by atoms with Gasteiger partial charge in [0.1, 0.15) is 11.5 Å². The van der Waals surface area contributed by atoms with E-state index in [-0.39, 0.29) is 0 Å². The molecule has 1 aromatic heterocycles. The molecular weight excluding hydrogens is 281 g/mol. The van der Waals surface area contributed by atoms with Gasteiger partial charge in [0.2, 0.25) is 0 Å². The van der Waals surface area contributed by atoms with Crippen LogP contribution in [0, 0.1) is 0 Å². The van der Waals surface area contributed by atoms with Gasteiger partial charge in [0.25, 0.3) is 0 Å². The molecule has 100 valence electrons. The molecule has 0 bridgehead atoms. The summed E-state index contributed by atoms with van der Waals surface area (Å²) in [7, 11) is 0. The number of nitrogens with one attached hydrogen (secondary N) is 1. The standard InChI is InChI=1S/C15H15Cl2NO/c16-10-4-5-11(12(17)9-10)14-6-7-15(19-14)13-3-1-2-8-18-13/h4-7,9,13,18H,1-3,8H2/t13-/m0/s1. The number of hydrogen-bond acceptors (Lipinski definition) is 2. The van der Waals surface area contributed by atoms with Crippen LogP contribution in [0.5, 0.6) is 0 Å². The Kier molecular flexibility index (Phi) is 3.83. The number of piperidine rings is 1. The van der Waals surface area contributed by atoms with Crippen molar-refractivity contribution >= 4 is 23.2 Å². The molecule has 2 aromatic rings. The van der Waals surface area contributed by atoms with Crippen molar-refractivity contribution in [2.24, 2.45) is 0 Å². The summed E-state index contributed by atoms with van der Waals surface area (Å²) in [6.45, 7) is 1.06. The molecular formula is C15H15Cl2NO. The van der Waals surface area contributed by atoms with Crippen LogP contribution in [0.15, 0.2) is 34.7 Å². The Bertz CT molecular complexity index is 573. The third kappa shape index (κ3) is 2.81. The first kappa shape index (κ1) is 13.0. The second-order valence-corrected chi connectivity index (χ2v) is 5.67. The fraction of sp³-hybridized carbons (Fsp3) is 0.333. The van der Waals surface area contributed by atoms with Crippen LogP contribution in [-0.4, -0.2) is 6.54 Å². The zero-order valence-corrected chi connectivity index (χ0v) is 12.0. The quantitative estimate of drug-likeness (QED) is 0.837. The van der Waals surface area contributed by atoms with Crippen LogP contribution >= 0.6 is 23.2 Å². The molecule has 2 heterocycles. The van der Waals surface area contributed by atoms with E-state index in [1.54, 1.807) is 6.07 Å². The molecule has 0 saturated carbocycles. The number of rotatable bonds is 2. The zero-order valence-electron chi connectivity index (χ0n) is 10.5. The van der Waals surface area contributed by atoms with Crippen molar-refractivity contribution in [3.05, 3.63) is 46.1 Å². The maximum absolute atomic E-state index is 6.20. The monoisotopic (exact) mass is 295 g/mol. The molecule has 1 saturated heterocycles. The van der Waals surface area contributed by atoms with E-state index in [2.05, 4.69) is 5.32 Å². The molecule has 1 N–H and O–H groups in total. The second-order valence-electron chi connectivity index (χ2n) is 4.83. The summed E-state index contributed by atoms with van der Waals surface area (Å²) in [5.74, 6) is 1.78. The van der Waals surface area contributed by atoms with Crippen molar-refractivity contribution in [2.75, 3.05) is 6.54 Å². The Morgan fingerprint density at radius 1 is 1.11 bits per heavy atom.